The van der Waals surface area contributed by atoms with Gasteiger partial charge in [-0.3, -0.25) is 4.79 Å². The normalized spacial score (nSPS) is 10.1. The van der Waals surface area contributed by atoms with Crippen molar-refractivity contribution >= 4 is 28.9 Å². The summed E-state index contributed by atoms with van der Waals surface area (Å²) in [5.74, 6) is 0.195. The fraction of sp³-hybridized carbons (Fsp3) is 0.0909. The standard InChI is InChI=1S/C11H8ClNO2S/c1-7(14)15-9-4-2-8(3-5-9)10-11(12)13-6-16-10/h2-6H,1H3. The van der Waals surface area contributed by atoms with Gasteiger partial charge in [-0.15, -0.1) is 11.3 Å². The van der Waals surface area contributed by atoms with Crippen molar-refractivity contribution in [2.45, 2.75) is 6.92 Å². The van der Waals surface area contributed by atoms with E-state index in [1.165, 1.54) is 18.3 Å². The van der Waals surface area contributed by atoms with Crippen LogP contribution in [-0.4, -0.2) is 11.0 Å². The summed E-state index contributed by atoms with van der Waals surface area (Å²) >= 11 is 7.38. The Hall–Kier alpha value is -1.39. The van der Waals surface area contributed by atoms with E-state index in [1.54, 1.807) is 17.6 Å². The molecule has 0 atom stereocenters. The molecular formula is C11H8ClNO2S. The highest BCUT2D eigenvalue weighted by molar-refractivity contribution is 7.13. The van der Waals surface area contributed by atoms with E-state index < -0.39 is 0 Å². The van der Waals surface area contributed by atoms with Gasteiger partial charge in [-0.05, 0) is 29.8 Å². The molecule has 16 heavy (non-hydrogen) atoms. The number of hydrogen-bond acceptors (Lipinski definition) is 4. The van der Waals surface area contributed by atoms with Crippen LogP contribution in [0.5, 0.6) is 5.75 Å². The van der Waals surface area contributed by atoms with Crippen LogP contribution < -0.4 is 4.74 Å². The molecular weight excluding hydrogens is 246 g/mol. The highest BCUT2D eigenvalue weighted by Gasteiger charge is 2.06. The number of carbonyl (C=O) groups is 1. The Morgan fingerprint density at radius 3 is 2.56 bits per heavy atom. The Morgan fingerprint density at radius 1 is 1.38 bits per heavy atom. The van der Waals surface area contributed by atoms with Gasteiger partial charge in [0.15, 0.2) is 0 Å². The second kappa shape index (κ2) is 4.63. The Labute approximate surface area is 102 Å². The SMILES string of the molecule is CC(=O)Oc1ccc(-c2scnc2Cl)cc1. The van der Waals surface area contributed by atoms with Crippen LogP contribution in [0.25, 0.3) is 10.4 Å². The van der Waals surface area contributed by atoms with E-state index in [-0.39, 0.29) is 5.97 Å². The molecule has 0 amide bonds. The quantitative estimate of drug-likeness (QED) is 0.608. The van der Waals surface area contributed by atoms with E-state index in [4.69, 9.17) is 16.3 Å². The van der Waals surface area contributed by atoms with E-state index >= 15 is 0 Å². The van der Waals surface area contributed by atoms with Crippen LogP contribution in [-0.2, 0) is 4.79 Å². The molecule has 1 aromatic carbocycles. The predicted octanol–water partition coefficient (Wildman–Crippen LogP) is 3.39. The average molecular weight is 254 g/mol. The van der Waals surface area contributed by atoms with Crippen LogP contribution in [0, 0.1) is 0 Å². The fourth-order valence-electron chi connectivity index (χ4n) is 1.26. The van der Waals surface area contributed by atoms with Gasteiger partial charge in [-0.25, -0.2) is 4.98 Å². The van der Waals surface area contributed by atoms with Gasteiger partial charge < -0.3 is 4.74 Å². The molecule has 0 saturated carbocycles. The van der Waals surface area contributed by atoms with Gasteiger partial charge in [0.05, 0.1) is 10.4 Å². The molecule has 82 valence electrons. The van der Waals surface area contributed by atoms with E-state index in [2.05, 4.69) is 4.98 Å². The largest absolute Gasteiger partial charge is 0.427 e. The highest BCUT2D eigenvalue weighted by atomic mass is 35.5. The summed E-state index contributed by atoms with van der Waals surface area (Å²) in [6.45, 7) is 1.37. The molecule has 0 unspecified atom stereocenters. The van der Waals surface area contributed by atoms with Crippen molar-refractivity contribution < 1.29 is 9.53 Å². The summed E-state index contributed by atoms with van der Waals surface area (Å²) in [7, 11) is 0. The van der Waals surface area contributed by atoms with Crippen molar-refractivity contribution in [3.05, 3.63) is 34.9 Å². The first-order valence-corrected chi connectivity index (χ1v) is 5.80. The molecule has 3 nitrogen and oxygen atoms in total. The van der Waals surface area contributed by atoms with Crippen LogP contribution in [0.15, 0.2) is 29.8 Å². The summed E-state index contributed by atoms with van der Waals surface area (Å²) < 4.78 is 4.93. The lowest BCUT2D eigenvalue weighted by atomic mass is 10.2. The third kappa shape index (κ3) is 2.40. The fourth-order valence-corrected chi connectivity index (χ4v) is 2.30. The molecule has 0 radical (unpaired) electrons. The number of halogens is 1. The molecule has 0 aliphatic rings. The third-order valence-corrected chi connectivity index (χ3v) is 3.18. The zero-order chi connectivity index (χ0) is 11.5. The maximum atomic E-state index is 10.7. The van der Waals surface area contributed by atoms with E-state index in [9.17, 15) is 4.79 Å². The lowest BCUT2D eigenvalue weighted by Gasteiger charge is -2.02. The molecule has 1 heterocycles. The summed E-state index contributed by atoms with van der Waals surface area (Å²) in [6, 6.07) is 7.15. The minimum Gasteiger partial charge on any atom is -0.427 e. The Balaban J connectivity index is 2.26. The second-order valence-electron chi connectivity index (χ2n) is 3.09. The van der Waals surface area contributed by atoms with E-state index in [1.807, 2.05) is 12.1 Å². The second-order valence-corrected chi connectivity index (χ2v) is 4.30. The topological polar surface area (TPSA) is 39.2 Å². The summed E-state index contributed by atoms with van der Waals surface area (Å²) in [4.78, 5) is 15.6. The number of ether oxygens (including phenoxy) is 1. The van der Waals surface area contributed by atoms with Gasteiger partial charge in [-0.1, -0.05) is 11.6 Å². The van der Waals surface area contributed by atoms with Gasteiger partial charge in [-0.2, -0.15) is 0 Å². The lowest BCUT2D eigenvalue weighted by molar-refractivity contribution is -0.131. The van der Waals surface area contributed by atoms with Crippen LogP contribution in [0.2, 0.25) is 5.15 Å². The predicted molar refractivity (Wildman–Crippen MR) is 63.9 cm³/mol. The monoisotopic (exact) mass is 253 g/mol. The van der Waals surface area contributed by atoms with Crippen LogP contribution in [0.1, 0.15) is 6.92 Å². The van der Waals surface area contributed by atoms with Crippen molar-refractivity contribution in [1.82, 2.24) is 4.98 Å². The van der Waals surface area contributed by atoms with Crippen molar-refractivity contribution in [2.24, 2.45) is 0 Å². The van der Waals surface area contributed by atoms with E-state index in [0.29, 0.717) is 10.9 Å². The number of thiazole rings is 1. The molecule has 0 bridgehead atoms. The molecule has 0 fully saturated rings. The zero-order valence-corrected chi connectivity index (χ0v) is 10.0. The van der Waals surface area contributed by atoms with Crippen LogP contribution in [0.3, 0.4) is 0 Å². The van der Waals surface area contributed by atoms with Crippen LogP contribution >= 0.6 is 22.9 Å². The van der Waals surface area contributed by atoms with Gasteiger partial charge in [0.2, 0.25) is 0 Å². The number of esters is 1. The Bertz CT molecular complexity index is 507. The summed E-state index contributed by atoms with van der Waals surface area (Å²) in [5, 5.41) is 0.491. The highest BCUT2D eigenvalue weighted by Crippen LogP contribution is 2.31. The van der Waals surface area contributed by atoms with Crippen molar-refractivity contribution in [3.8, 4) is 16.2 Å². The van der Waals surface area contributed by atoms with Gasteiger partial charge in [0.25, 0.3) is 0 Å². The Morgan fingerprint density at radius 2 is 2.06 bits per heavy atom. The number of carbonyl (C=O) groups excluding carboxylic acids is 1. The third-order valence-electron chi connectivity index (χ3n) is 1.90. The van der Waals surface area contributed by atoms with E-state index in [0.717, 1.165) is 10.4 Å². The smallest absolute Gasteiger partial charge is 0.308 e. The first kappa shape index (κ1) is 11.1. The number of nitrogens with zero attached hydrogens (tertiary/aromatic N) is 1. The number of benzene rings is 1. The number of aromatic nitrogens is 1. The minimum atomic E-state index is -0.330. The van der Waals surface area contributed by atoms with Crippen LogP contribution in [0.4, 0.5) is 0 Å². The minimum absolute atomic E-state index is 0.330. The number of rotatable bonds is 2. The molecule has 0 saturated heterocycles. The zero-order valence-electron chi connectivity index (χ0n) is 8.44. The maximum Gasteiger partial charge on any atom is 0.308 e. The van der Waals surface area contributed by atoms with Gasteiger partial charge >= 0.3 is 5.97 Å². The average Bonchev–Trinajstić information content (AvgIpc) is 2.65. The molecule has 2 rings (SSSR count). The summed E-state index contributed by atoms with van der Waals surface area (Å²) in [5.41, 5.74) is 2.65. The molecule has 5 heteroatoms. The molecule has 0 spiro atoms. The van der Waals surface area contributed by atoms with Crippen molar-refractivity contribution in [2.75, 3.05) is 0 Å². The molecule has 2 aromatic rings. The van der Waals surface area contributed by atoms with Crippen molar-refractivity contribution in [3.63, 3.8) is 0 Å². The molecule has 0 aliphatic heterocycles. The summed E-state index contributed by atoms with van der Waals surface area (Å²) in [6.07, 6.45) is 0. The lowest BCUT2D eigenvalue weighted by Crippen LogP contribution is -2.00. The van der Waals surface area contributed by atoms with Gasteiger partial charge in [0, 0.05) is 6.92 Å². The first-order valence-electron chi connectivity index (χ1n) is 4.54. The number of hydrogen-bond donors (Lipinski definition) is 0. The molecule has 0 N–H and O–H groups in total. The van der Waals surface area contributed by atoms with Crippen molar-refractivity contribution in [1.29, 1.82) is 0 Å². The maximum absolute atomic E-state index is 10.7. The molecule has 0 aliphatic carbocycles. The van der Waals surface area contributed by atoms with Gasteiger partial charge in [0.1, 0.15) is 10.9 Å². The molecule has 1 aromatic heterocycles. The first-order chi connectivity index (χ1) is 7.66. The Kier molecular flexibility index (Phi) is 3.22.